The molecule has 0 saturated carbocycles. The second-order valence-corrected chi connectivity index (χ2v) is 12.7. The van der Waals surface area contributed by atoms with Gasteiger partial charge in [-0.2, -0.15) is 16.6 Å². The van der Waals surface area contributed by atoms with Gasteiger partial charge in [0.15, 0.2) is 0 Å². The summed E-state index contributed by atoms with van der Waals surface area (Å²) in [6.45, 7) is 8.16. The van der Waals surface area contributed by atoms with E-state index in [4.69, 9.17) is 14.3 Å². The maximum absolute atomic E-state index is 11.9. The van der Waals surface area contributed by atoms with Gasteiger partial charge in [0.1, 0.15) is 6.10 Å². The molecule has 3 unspecified atom stereocenters. The molecular weight excluding hydrogens is 483 g/mol. The van der Waals surface area contributed by atoms with Crippen LogP contribution < -0.4 is 0 Å². The van der Waals surface area contributed by atoms with E-state index in [2.05, 4.69) is 13.8 Å². The van der Waals surface area contributed by atoms with Crippen LogP contribution in [0.25, 0.3) is 0 Å². The molecule has 0 aliphatic carbocycles. The van der Waals surface area contributed by atoms with Gasteiger partial charge in [0.25, 0.3) is 0 Å². The molecule has 1 N–H and O–H groups in total. The lowest BCUT2D eigenvalue weighted by Gasteiger charge is -2.23. The van der Waals surface area contributed by atoms with Crippen LogP contribution in [-0.4, -0.2) is 34.3 Å². The first-order valence-corrected chi connectivity index (χ1v) is 17.0. The lowest BCUT2D eigenvalue weighted by atomic mass is 10.1. The van der Waals surface area contributed by atoms with E-state index >= 15 is 0 Å². The summed E-state index contributed by atoms with van der Waals surface area (Å²) in [5.41, 5.74) is -1.34. The highest BCUT2D eigenvalue weighted by molar-refractivity contribution is 7.99. The molecule has 8 heteroatoms. The van der Waals surface area contributed by atoms with Crippen molar-refractivity contribution in [3.05, 3.63) is 0 Å². The maximum atomic E-state index is 11.9. The molecule has 0 fully saturated rings. The van der Waals surface area contributed by atoms with Gasteiger partial charge in [0, 0.05) is 5.25 Å². The van der Waals surface area contributed by atoms with E-state index in [0.29, 0.717) is 6.42 Å². The van der Waals surface area contributed by atoms with Crippen LogP contribution in [0.2, 0.25) is 0 Å². The third kappa shape index (κ3) is 20.6. The molecule has 0 aromatic carbocycles. The number of hydrogen-bond acceptors (Lipinski definition) is 6. The van der Waals surface area contributed by atoms with E-state index < -0.39 is 13.3 Å². The van der Waals surface area contributed by atoms with Gasteiger partial charge >= 0.3 is 13.3 Å². The van der Waals surface area contributed by atoms with Gasteiger partial charge in [0.05, 0.1) is 6.61 Å². The summed E-state index contributed by atoms with van der Waals surface area (Å²) in [7, 11) is -4.46. The smallest absolute Gasteiger partial charge is 0.316 e. The Morgan fingerprint density at radius 3 is 1.77 bits per heavy atom. The van der Waals surface area contributed by atoms with Gasteiger partial charge in [-0.25, -0.2) is 9.36 Å². The van der Waals surface area contributed by atoms with E-state index in [1.807, 2.05) is 18.7 Å². The molecule has 0 bridgehead atoms. The lowest BCUT2D eigenvalue weighted by Crippen LogP contribution is -2.25. The minimum Gasteiger partial charge on any atom is -0.316 e. The van der Waals surface area contributed by atoms with Crippen molar-refractivity contribution >= 4 is 25.1 Å². The monoisotopic (exact) mass is 538 g/mol. The largest absolute Gasteiger partial charge is 0.452 e. The van der Waals surface area contributed by atoms with Gasteiger partial charge in [-0.3, -0.25) is 4.89 Å². The van der Waals surface area contributed by atoms with Crippen molar-refractivity contribution in [2.24, 2.45) is 0 Å². The highest BCUT2D eigenvalue weighted by atomic mass is 32.2. The Labute approximate surface area is 220 Å². The molecule has 3 atom stereocenters. The molecule has 6 nitrogen and oxygen atoms in total. The third-order valence-corrected chi connectivity index (χ3v) is 8.81. The molecular formula is C27H55O6PS. The van der Waals surface area contributed by atoms with E-state index in [1.165, 1.54) is 96.3 Å². The van der Waals surface area contributed by atoms with Crippen molar-refractivity contribution in [2.75, 3.05) is 12.4 Å². The SMILES string of the molecule is CCCCCCCCCCCCSC(CCCCCCCC)C(C)OOC(=O)P(=O)(O)OCCC. The fraction of sp³-hybridized carbons (Fsp3) is 0.963. The average Bonchev–Trinajstić information content (AvgIpc) is 2.85. The first-order chi connectivity index (χ1) is 16.9. The standard InChI is InChI=1S/C27H55O6PS/c1-5-8-10-12-14-15-16-17-19-21-24-35-26(22-20-18-13-11-9-6-2)25(4)32-33-27(28)34(29,30)31-23-7-3/h25-26H,5-24H2,1-4H3,(H,29,30). The second kappa shape index (κ2) is 24.3. The molecule has 0 saturated heterocycles. The number of hydrogen-bond donors (Lipinski definition) is 1. The van der Waals surface area contributed by atoms with E-state index in [0.717, 1.165) is 18.6 Å². The van der Waals surface area contributed by atoms with Crippen molar-refractivity contribution in [3.8, 4) is 0 Å². The van der Waals surface area contributed by atoms with Gasteiger partial charge < -0.3 is 9.42 Å². The van der Waals surface area contributed by atoms with Crippen molar-refractivity contribution in [2.45, 2.75) is 155 Å². The quantitative estimate of drug-likeness (QED) is 0.0508. The normalized spacial score (nSPS) is 15.0. The van der Waals surface area contributed by atoms with Crippen LogP contribution in [0.5, 0.6) is 0 Å². The predicted molar refractivity (Wildman–Crippen MR) is 149 cm³/mol. The lowest BCUT2D eigenvalue weighted by molar-refractivity contribution is -0.262. The molecule has 210 valence electrons. The van der Waals surface area contributed by atoms with E-state index in [1.54, 1.807) is 6.92 Å². The molecule has 0 rings (SSSR count). The summed E-state index contributed by atoms with van der Waals surface area (Å²) in [6, 6.07) is 0. The minimum absolute atomic E-state index is 0.0216. The van der Waals surface area contributed by atoms with Crippen LogP contribution in [0.1, 0.15) is 143 Å². The van der Waals surface area contributed by atoms with Crippen LogP contribution >= 0.6 is 19.4 Å². The average molecular weight is 539 g/mol. The first-order valence-electron chi connectivity index (χ1n) is 14.4. The summed E-state index contributed by atoms with van der Waals surface area (Å²) < 4.78 is 16.7. The Hall–Kier alpha value is -0.0700. The van der Waals surface area contributed by atoms with Crippen LogP contribution in [-0.2, 0) is 18.9 Å². The third-order valence-electron chi connectivity index (χ3n) is 6.17. The zero-order valence-electron chi connectivity index (χ0n) is 23.1. The highest BCUT2D eigenvalue weighted by Crippen LogP contribution is 2.44. The van der Waals surface area contributed by atoms with Crippen molar-refractivity contribution in [1.82, 2.24) is 0 Å². The van der Waals surface area contributed by atoms with Gasteiger partial charge in [-0.1, -0.05) is 117 Å². The summed E-state index contributed by atoms with van der Waals surface area (Å²) in [5, 5.41) is 0.183. The van der Waals surface area contributed by atoms with Crippen molar-refractivity contribution in [1.29, 1.82) is 0 Å². The number of carbonyl (C=O) groups excluding carboxylic acids is 1. The fourth-order valence-electron chi connectivity index (χ4n) is 3.90. The van der Waals surface area contributed by atoms with Crippen molar-refractivity contribution in [3.63, 3.8) is 0 Å². The fourth-order valence-corrected chi connectivity index (χ4v) is 5.89. The Morgan fingerprint density at radius 2 is 1.26 bits per heavy atom. The predicted octanol–water partition coefficient (Wildman–Crippen LogP) is 9.83. The topological polar surface area (TPSA) is 82.1 Å². The summed E-state index contributed by atoms with van der Waals surface area (Å²) in [4.78, 5) is 31.6. The second-order valence-electron chi connectivity index (χ2n) is 9.65. The Kier molecular flexibility index (Phi) is 24.2. The van der Waals surface area contributed by atoms with Crippen LogP contribution in [0.4, 0.5) is 4.79 Å². The number of rotatable bonds is 26. The maximum Gasteiger partial charge on any atom is 0.452 e. The Balaban J connectivity index is 4.33. The van der Waals surface area contributed by atoms with Crippen LogP contribution in [0, 0.1) is 0 Å². The molecule has 0 aromatic rings. The van der Waals surface area contributed by atoms with E-state index in [-0.39, 0.29) is 18.0 Å². The molecule has 0 aliphatic rings. The number of carbonyl (C=O) groups is 1. The Morgan fingerprint density at radius 1 is 0.771 bits per heavy atom. The summed E-state index contributed by atoms with van der Waals surface area (Å²) in [5.74, 6) is 1.05. The molecule has 0 aromatic heterocycles. The zero-order valence-corrected chi connectivity index (χ0v) is 24.9. The molecule has 0 spiro atoms. The zero-order chi connectivity index (χ0) is 26.2. The number of unbranched alkanes of at least 4 members (excludes halogenated alkanes) is 14. The molecule has 0 radical (unpaired) electrons. The molecule has 0 amide bonds. The summed E-state index contributed by atoms with van der Waals surface area (Å²) in [6.07, 6.45) is 21.7. The van der Waals surface area contributed by atoms with Crippen molar-refractivity contribution < 1.29 is 28.6 Å². The number of thioether (sulfide) groups is 1. The molecule has 35 heavy (non-hydrogen) atoms. The van der Waals surface area contributed by atoms with Gasteiger partial charge in [-0.15, -0.1) is 0 Å². The molecule has 0 heterocycles. The van der Waals surface area contributed by atoms with Crippen LogP contribution in [0.3, 0.4) is 0 Å². The molecule has 0 aliphatic heterocycles. The van der Waals surface area contributed by atoms with Gasteiger partial charge in [0.2, 0.25) is 0 Å². The summed E-state index contributed by atoms with van der Waals surface area (Å²) >= 11 is 1.87. The van der Waals surface area contributed by atoms with Gasteiger partial charge in [-0.05, 0) is 31.9 Å². The highest BCUT2D eigenvalue weighted by Gasteiger charge is 2.35. The van der Waals surface area contributed by atoms with E-state index in [9.17, 15) is 14.3 Å². The Bertz CT molecular complexity index is 534. The first kappa shape index (κ1) is 34.9. The minimum atomic E-state index is -4.46. The van der Waals surface area contributed by atoms with Crippen LogP contribution in [0.15, 0.2) is 0 Å².